The maximum absolute atomic E-state index is 13.4. The van der Waals surface area contributed by atoms with Crippen molar-refractivity contribution in [1.29, 1.82) is 0 Å². The van der Waals surface area contributed by atoms with Crippen molar-refractivity contribution < 1.29 is 23.8 Å². The standard InChI is InChI=1S/C11H14FNO4/c1-16-11(15)7-5-10(17-4-2-3-14)8(12)6-9(7)13/h5-6,14H,2-4,13H2,1H3. The molecule has 0 radical (unpaired) electrons. The summed E-state index contributed by atoms with van der Waals surface area (Å²) < 4.78 is 23.0. The van der Waals surface area contributed by atoms with Gasteiger partial charge in [-0.15, -0.1) is 0 Å². The number of hydrogen-bond donors (Lipinski definition) is 2. The number of hydrogen-bond acceptors (Lipinski definition) is 5. The summed E-state index contributed by atoms with van der Waals surface area (Å²) in [6, 6.07) is 2.19. The average Bonchev–Trinajstić information content (AvgIpc) is 2.31. The predicted molar refractivity (Wildman–Crippen MR) is 59.3 cm³/mol. The number of methoxy groups -OCH3 is 1. The zero-order valence-corrected chi connectivity index (χ0v) is 9.40. The van der Waals surface area contributed by atoms with E-state index in [-0.39, 0.29) is 30.2 Å². The van der Waals surface area contributed by atoms with Crippen LogP contribution in [0.25, 0.3) is 0 Å². The van der Waals surface area contributed by atoms with Gasteiger partial charge in [0.1, 0.15) is 0 Å². The lowest BCUT2D eigenvalue weighted by Gasteiger charge is -2.10. The van der Waals surface area contributed by atoms with E-state index in [1.165, 1.54) is 13.2 Å². The second kappa shape index (κ2) is 6.05. The van der Waals surface area contributed by atoms with E-state index in [1.807, 2.05) is 0 Å². The minimum Gasteiger partial charge on any atom is -0.490 e. The molecule has 0 amide bonds. The van der Waals surface area contributed by atoms with Crippen LogP contribution in [0.4, 0.5) is 10.1 Å². The molecule has 0 spiro atoms. The molecule has 1 aromatic carbocycles. The van der Waals surface area contributed by atoms with Crippen molar-refractivity contribution in [1.82, 2.24) is 0 Å². The number of carbonyl (C=O) groups excluding carboxylic acids is 1. The molecule has 0 atom stereocenters. The molecule has 0 aromatic heterocycles. The molecule has 3 N–H and O–H groups in total. The van der Waals surface area contributed by atoms with Crippen molar-refractivity contribution in [3.8, 4) is 5.75 Å². The van der Waals surface area contributed by atoms with Crippen LogP contribution < -0.4 is 10.5 Å². The highest BCUT2D eigenvalue weighted by Gasteiger charge is 2.15. The van der Waals surface area contributed by atoms with Crippen LogP contribution in [-0.4, -0.2) is 31.4 Å². The summed E-state index contributed by atoms with van der Waals surface area (Å²) in [5.41, 5.74) is 5.52. The Labute approximate surface area is 97.9 Å². The lowest BCUT2D eigenvalue weighted by atomic mass is 10.1. The minimum atomic E-state index is -0.659. The summed E-state index contributed by atoms with van der Waals surface area (Å²) in [6.45, 7) is 0.0956. The number of aliphatic hydroxyl groups is 1. The molecule has 1 rings (SSSR count). The molecule has 0 saturated heterocycles. The van der Waals surface area contributed by atoms with E-state index in [9.17, 15) is 9.18 Å². The summed E-state index contributed by atoms with van der Waals surface area (Å²) in [6.07, 6.45) is 0.372. The van der Waals surface area contributed by atoms with Gasteiger partial charge in [-0.3, -0.25) is 0 Å². The number of carbonyl (C=O) groups is 1. The number of anilines is 1. The van der Waals surface area contributed by atoms with Crippen LogP contribution >= 0.6 is 0 Å². The molecule has 1 aromatic rings. The highest BCUT2D eigenvalue weighted by molar-refractivity contribution is 5.95. The monoisotopic (exact) mass is 243 g/mol. The Hall–Kier alpha value is -1.82. The molecular formula is C11H14FNO4. The Bertz CT molecular complexity index is 409. The lowest BCUT2D eigenvalue weighted by Crippen LogP contribution is -2.08. The van der Waals surface area contributed by atoms with Crippen LogP contribution in [0, 0.1) is 5.82 Å². The quantitative estimate of drug-likeness (QED) is 0.457. The van der Waals surface area contributed by atoms with E-state index in [1.54, 1.807) is 0 Å². The van der Waals surface area contributed by atoms with E-state index < -0.39 is 11.8 Å². The number of ether oxygens (including phenoxy) is 2. The fourth-order valence-corrected chi connectivity index (χ4v) is 1.21. The van der Waals surface area contributed by atoms with Gasteiger partial charge in [0.2, 0.25) is 0 Å². The van der Waals surface area contributed by atoms with Gasteiger partial charge in [0.05, 0.1) is 19.3 Å². The number of benzene rings is 1. The Kier molecular flexibility index (Phi) is 4.71. The molecule has 0 heterocycles. The summed E-state index contributed by atoms with van der Waals surface area (Å²) in [4.78, 5) is 11.3. The lowest BCUT2D eigenvalue weighted by molar-refractivity contribution is 0.0601. The Balaban J connectivity index is 2.93. The number of nitrogen functional groups attached to an aromatic ring is 1. The molecule has 0 aliphatic heterocycles. The smallest absolute Gasteiger partial charge is 0.340 e. The van der Waals surface area contributed by atoms with Crippen LogP contribution in [-0.2, 0) is 4.74 Å². The van der Waals surface area contributed by atoms with Gasteiger partial charge >= 0.3 is 5.97 Å². The third-order valence-corrected chi connectivity index (χ3v) is 2.07. The highest BCUT2D eigenvalue weighted by Crippen LogP contribution is 2.24. The first-order valence-corrected chi connectivity index (χ1v) is 5.01. The van der Waals surface area contributed by atoms with Crippen molar-refractivity contribution in [2.24, 2.45) is 0 Å². The SMILES string of the molecule is COC(=O)c1cc(OCCCO)c(F)cc1N. The van der Waals surface area contributed by atoms with E-state index in [2.05, 4.69) is 4.74 Å². The first kappa shape index (κ1) is 13.2. The summed E-state index contributed by atoms with van der Waals surface area (Å²) in [7, 11) is 1.21. The third-order valence-electron chi connectivity index (χ3n) is 2.07. The van der Waals surface area contributed by atoms with Crippen molar-refractivity contribution >= 4 is 11.7 Å². The zero-order chi connectivity index (χ0) is 12.8. The molecule has 0 unspecified atom stereocenters. The molecule has 0 fully saturated rings. The number of aliphatic hydroxyl groups excluding tert-OH is 1. The predicted octanol–water partition coefficient (Wildman–Crippen LogP) is 0.956. The number of nitrogens with two attached hydrogens (primary N) is 1. The average molecular weight is 243 g/mol. The molecule has 0 bridgehead atoms. The largest absolute Gasteiger partial charge is 0.490 e. The first-order chi connectivity index (χ1) is 8.10. The van der Waals surface area contributed by atoms with E-state index >= 15 is 0 Å². The fourth-order valence-electron chi connectivity index (χ4n) is 1.21. The zero-order valence-electron chi connectivity index (χ0n) is 9.40. The van der Waals surface area contributed by atoms with Crippen LogP contribution in [0.15, 0.2) is 12.1 Å². The molecule has 17 heavy (non-hydrogen) atoms. The van der Waals surface area contributed by atoms with Crippen molar-refractivity contribution in [2.75, 3.05) is 26.1 Å². The van der Waals surface area contributed by atoms with Gasteiger partial charge < -0.3 is 20.3 Å². The summed E-state index contributed by atoms with van der Waals surface area (Å²) >= 11 is 0. The van der Waals surface area contributed by atoms with Gasteiger partial charge in [0.15, 0.2) is 11.6 Å². The van der Waals surface area contributed by atoms with Crippen LogP contribution in [0.3, 0.4) is 0 Å². The maximum Gasteiger partial charge on any atom is 0.340 e. The normalized spacial score (nSPS) is 10.1. The van der Waals surface area contributed by atoms with E-state index in [0.717, 1.165) is 6.07 Å². The Morgan fingerprint density at radius 2 is 2.24 bits per heavy atom. The van der Waals surface area contributed by atoms with Crippen molar-refractivity contribution in [3.63, 3.8) is 0 Å². The van der Waals surface area contributed by atoms with Gasteiger partial charge in [-0.05, 0) is 6.07 Å². The number of esters is 1. The second-order valence-corrected chi connectivity index (χ2v) is 3.29. The van der Waals surface area contributed by atoms with Gasteiger partial charge in [-0.2, -0.15) is 0 Å². The Morgan fingerprint density at radius 1 is 1.53 bits per heavy atom. The van der Waals surface area contributed by atoms with Crippen LogP contribution in [0.5, 0.6) is 5.75 Å². The molecular weight excluding hydrogens is 229 g/mol. The van der Waals surface area contributed by atoms with E-state index in [0.29, 0.717) is 6.42 Å². The third kappa shape index (κ3) is 3.32. The number of rotatable bonds is 5. The Morgan fingerprint density at radius 3 is 2.82 bits per heavy atom. The fraction of sp³-hybridized carbons (Fsp3) is 0.364. The minimum absolute atomic E-state index is 0.0103. The second-order valence-electron chi connectivity index (χ2n) is 3.29. The van der Waals surface area contributed by atoms with Crippen LogP contribution in [0.1, 0.15) is 16.8 Å². The topological polar surface area (TPSA) is 81.8 Å². The molecule has 6 heteroatoms. The van der Waals surface area contributed by atoms with Crippen molar-refractivity contribution in [2.45, 2.75) is 6.42 Å². The molecule has 0 aliphatic rings. The highest BCUT2D eigenvalue weighted by atomic mass is 19.1. The van der Waals surface area contributed by atoms with E-state index in [4.69, 9.17) is 15.6 Å². The first-order valence-electron chi connectivity index (χ1n) is 5.01. The molecule has 94 valence electrons. The van der Waals surface area contributed by atoms with Crippen molar-refractivity contribution in [3.05, 3.63) is 23.5 Å². The van der Waals surface area contributed by atoms with Gasteiger partial charge in [-0.25, -0.2) is 9.18 Å². The van der Waals surface area contributed by atoms with Gasteiger partial charge in [0, 0.05) is 24.8 Å². The van der Waals surface area contributed by atoms with Crippen LogP contribution in [0.2, 0.25) is 0 Å². The summed E-state index contributed by atoms with van der Waals surface area (Å²) in [5.74, 6) is -1.41. The maximum atomic E-state index is 13.4. The molecule has 0 saturated carbocycles. The molecule has 0 aliphatic carbocycles. The van der Waals surface area contributed by atoms with Gasteiger partial charge in [0.25, 0.3) is 0 Å². The summed E-state index contributed by atoms with van der Waals surface area (Å²) in [5, 5.41) is 8.57. The number of halogens is 1. The van der Waals surface area contributed by atoms with Gasteiger partial charge in [-0.1, -0.05) is 0 Å². The molecule has 5 nitrogen and oxygen atoms in total.